The van der Waals surface area contributed by atoms with Crippen LogP contribution >= 0.6 is 0 Å². The van der Waals surface area contributed by atoms with Crippen molar-refractivity contribution >= 4 is 17.9 Å². The Hall–Kier alpha value is -5.13. The molecule has 0 aromatic heterocycles. The molecule has 0 atom stereocenters. The van der Waals surface area contributed by atoms with E-state index in [-0.39, 0.29) is 36.5 Å². The number of rotatable bonds is 15. The molecule has 0 saturated heterocycles. The summed E-state index contributed by atoms with van der Waals surface area (Å²) in [4.78, 5) is 39.1. The van der Waals surface area contributed by atoms with E-state index in [1.54, 1.807) is 25.1 Å². The van der Waals surface area contributed by atoms with Crippen molar-refractivity contribution in [3.8, 4) is 34.5 Å². The van der Waals surface area contributed by atoms with Crippen LogP contribution in [0.15, 0.2) is 54.6 Å². The molecule has 3 aromatic carbocycles. The second kappa shape index (κ2) is 15.4. The van der Waals surface area contributed by atoms with Gasteiger partial charge in [0.15, 0.2) is 0 Å². The molecule has 0 aliphatic heterocycles. The van der Waals surface area contributed by atoms with Crippen molar-refractivity contribution < 1.29 is 57.0 Å². The third-order valence-electron chi connectivity index (χ3n) is 6.42. The van der Waals surface area contributed by atoms with Gasteiger partial charge < -0.3 is 42.6 Å². The van der Waals surface area contributed by atoms with Crippen LogP contribution in [0, 0.1) is 5.41 Å². The summed E-state index contributed by atoms with van der Waals surface area (Å²) >= 11 is 0. The zero-order valence-electron chi connectivity index (χ0n) is 25.7. The van der Waals surface area contributed by atoms with Crippen molar-refractivity contribution in [1.82, 2.24) is 0 Å². The number of benzene rings is 3. The van der Waals surface area contributed by atoms with Crippen molar-refractivity contribution in [2.75, 3.05) is 62.5 Å². The number of carbonyl (C=O) groups is 3. The molecule has 0 heterocycles. The van der Waals surface area contributed by atoms with Crippen LogP contribution in [0.4, 0.5) is 0 Å². The average molecular weight is 613 g/mol. The van der Waals surface area contributed by atoms with Gasteiger partial charge in [0.25, 0.3) is 0 Å². The smallest absolute Gasteiger partial charge is 0.338 e. The molecule has 0 aliphatic rings. The van der Waals surface area contributed by atoms with Crippen molar-refractivity contribution in [2.45, 2.75) is 6.92 Å². The second-order valence-corrected chi connectivity index (χ2v) is 9.84. The zero-order valence-corrected chi connectivity index (χ0v) is 25.7. The lowest BCUT2D eigenvalue weighted by Crippen LogP contribution is -2.37. The van der Waals surface area contributed by atoms with Gasteiger partial charge in [-0.2, -0.15) is 0 Å². The highest BCUT2D eigenvalue weighted by molar-refractivity contribution is 5.92. The van der Waals surface area contributed by atoms with Crippen LogP contribution in [-0.2, 0) is 14.2 Å². The number of ether oxygens (including phenoxy) is 9. The van der Waals surface area contributed by atoms with Gasteiger partial charge in [-0.25, -0.2) is 14.4 Å². The van der Waals surface area contributed by atoms with E-state index >= 15 is 0 Å². The molecule has 0 saturated carbocycles. The number of methoxy groups -OCH3 is 6. The minimum atomic E-state index is -1.17. The molecule has 0 aliphatic carbocycles. The summed E-state index contributed by atoms with van der Waals surface area (Å²) in [6.45, 7) is 0.795. The Labute approximate surface area is 255 Å². The number of carbonyl (C=O) groups excluding carboxylic acids is 3. The quantitative estimate of drug-likeness (QED) is 0.175. The van der Waals surface area contributed by atoms with Crippen molar-refractivity contribution in [3.63, 3.8) is 0 Å². The van der Waals surface area contributed by atoms with Crippen LogP contribution in [0.5, 0.6) is 34.5 Å². The first kappa shape index (κ1) is 33.4. The maximum absolute atomic E-state index is 13.0. The van der Waals surface area contributed by atoms with Gasteiger partial charge in [-0.1, -0.05) is 0 Å². The van der Waals surface area contributed by atoms with Crippen LogP contribution in [0.3, 0.4) is 0 Å². The lowest BCUT2D eigenvalue weighted by Gasteiger charge is -2.28. The topological polar surface area (TPSA) is 134 Å². The van der Waals surface area contributed by atoms with Crippen LogP contribution in [-0.4, -0.2) is 80.4 Å². The lowest BCUT2D eigenvalue weighted by atomic mass is 9.94. The van der Waals surface area contributed by atoms with Gasteiger partial charge in [-0.15, -0.1) is 0 Å². The minimum Gasteiger partial charge on any atom is -0.497 e. The Morgan fingerprint density at radius 1 is 0.432 bits per heavy atom. The van der Waals surface area contributed by atoms with E-state index in [0.29, 0.717) is 34.5 Å². The van der Waals surface area contributed by atoms with E-state index < -0.39 is 23.3 Å². The molecule has 3 aromatic rings. The predicted octanol–water partition coefficient (Wildman–Crippen LogP) is 4.62. The Morgan fingerprint density at radius 3 is 0.818 bits per heavy atom. The first-order valence-corrected chi connectivity index (χ1v) is 13.3. The second-order valence-electron chi connectivity index (χ2n) is 9.84. The third kappa shape index (κ3) is 8.93. The molecule has 12 heteroatoms. The first-order chi connectivity index (χ1) is 21.1. The van der Waals surface area contributed by atoms with Crippen molar-refractivity contribution in [2.24, 2.45) is 5.41 Å². The molecule has 0 unspecified atom stereocenters. The largest absolute Gasteiger partial charge is 0.497 e. The molecule has 0 radical (unpaired) electrons. The van der Waals surface area contributed by atoms with E-state index in [4.69, 9.17) is 42.6 Å². The fraction of sp³-hybridized carbons (Fsp3) is 0.344. The fourth-order valence-electron chi connectivity index (χ4n) is 3.87. The Bertz CT molecular complexity index is 1230. The molecule has 0 fully saturated rings. The first-order valence-electron chi connectivity index (χ1n) is 13.3. The third-order valence-corrected chi connectivity index (χ3v) is 6.42. The Kier molecular flexibility index (Phi) is 11.7. The summed E-state index contributed by atoms with van der Waals surface area (Å²) < 4.78 is 48.2. The van der Waals surface area contributed by atoms with Gasteiger partial charge in [0, 0.05) is 18.2 Å². The summed E-state index contributed by atoms with van der Waals surface area (Å²) in [5.41, 5.74) is -0.658. The van der Waals surface area contributed by atoms with Crippen LogP contribution in [0.2, 0.25) is 0 Å². The van der Waals surface area contributed by atoms with Gasteiger partial charge in [0.05, 0.1) is 64.8 Å². The Balaban J connectivity index is 1.82. The van der Waals surface area contributed by atoms with E-state index in [9.17, 15) is 14.4 Å². The maximum atomic E-state index is 13.0. The van der Waals surface area contributed by atoms with Crippen LogP contribution in [0.1, 0.15) is 38.0 Å². The van der Waals surface area contributed by atoms with Crippen LogP contribution < -0.4 is 28.4 Å². The molecule has 236 valence electrons. The highest BCUT2D eigenvalue weighted by Gasteiger charge is 2.32. The van der Waals surface area contributed by atoms with E-state index in [1.165, 1.54) is 79.1 Å². The van der Waals surface area contributed by atoms with Gasteiger partial charge >= 0.3 is 17.9 Å². The predicted molar refractivity (Wildman–Crippen MR) is 158 cm³/mol. The van der Waals surface area contributed by atoms with E-state index in [1.807, 2.05) is 0 Å². The van der Waals surface area contributed by atoms with E-state index in [2.05, 4.69) is 0 Å². The van der Waals surface area contributed by atoms with E-state index in [0.717, 1.165) is 0 Å². The number of hydrogen-bond donors (Lipinski definition) is 0. The monoisotopic (exact) mass is 612 g/mol. The van der Waals surface area contributed by atoms with Gasteiger partial charge in [0.1, 0.15) is 54.3 Å². The van der Waals surface area contributed by atoms with Crippen molar-refractivity contribution in [1.29, 1.82) is 0 Å². The average Bonchev–Trinajstić information content (AvgIpc) is 3.07. The summed E-state index contributed by atoms with van der Waals surface area (Å²) in [6, 6.07) is 13.8. The Morgan fingerprint density at radius 2 is 0.636 bits per heavy atom. The zero-order chi connectivity index (χ0) is 32.3. The molecule has 0 bridgehead atoms. The molecule has 3 rings (SSSR count). The lowest BCUT2D eigenvalue weighted by molar-refractivity contribution is -0.0288. The summed E-state index contributed by atoms with van der Waals surface area (Å²) in [7, 11) is 8.75. The fourth-order valence-corrected chi connectivity index (χ4v) is 3.87. The molecule has 0 amide bonds. The molecule has 0 N–H and O–H groups in total. The normalized spacial score (nSPS) is 10.7. The SMILES string of the molecule is COc1cc(OC)cc(C(=O)OCC(C)(COC(=O)c2cc(OC)cc(OC)c2)COC(=O)c2cc(OC)cc(OC)c2)c1. The number of hydrogen-bond acceptors (Lipinski definition) is 12. The number of esters is 3. The van der Waals surface area contributed by atoms with Gasteiger partial charge in [-0.3, -0.25) is 0 Å². The van der Waals surface area contributed by atoms with Crippen LogP contribution in [0.25, 0.3) is 0 Å². The molecule has 0 spiro atoms. The molecular weight excluding hydrogens is 576 g/mol. The van der Waals surface area contributed by atoms with Gasteiger partial charge in [-0.05, 0) is 43.3 Å². The summed E-state index contributed by atoms with van der Waals surface area (Å²) in [5, 5.41) is 0. The highest BCUT2D eigenvalue weighted by atomic mass is 16.6. The summed E-state index contributed by atoms with van der Waals surface area (Å²) in [5.74, 6) is 0.277. The standard InChI is InChI=1S/C32H36O12/c1-32(17-42-29(33)20-8-23(36-2)14-24(9-20)37-3,18-43-30(34)21-10-25(38-4)15-26(11-21)39-5)19-44-31(35)22-12-27(40-6)16-28(13-22)41-7/h8-16H,17-19H2,1-7H3. The molecule has 44 heavy (non-hydrogen) atoms. The van der Waals surface area contributed by atoms with Gasteiger partial charge in [0.2, 0.25) is 0 Å². The highest BCUT2D eigenvalue weighted by Crippen LogP contribution is 2.28. The molecular formula is C32H36O12. The molecule has 12 nitrogen and oxygen atoms in total. The maximum Gasteiger partial charge on any atom is 0.338 e. The minimum absolute atomic E-state index is 0.171. The van der Waals surface area contributed by atoms with Crippen molar-refractivity contribution in [3.05, 3.63) is 71.3 Å². The summed E-state index contributed by atoms with van der Waals surface area (Å²) in [6.07, 6.45) is 0.